The molecule has 2 aromatic rings. The highest BCUT2D eigenvalue weighted by Crippen LogP contribution is 2.33. The molecule has 0 radical (unpaired) electrons. The zero-order valence-electron chi connectivity index (χ0n) is 10.6. The zero-order chi connectivity index (χ0) is 13.2. The van der Waals surface area contributed by atoms with Crippen molar-refractivity contribution in [2.75, 3.05) is 0 Å². The maximum absolute atomic E-state index is 12.1. The molecule has 1 N–H and O–H groups in total. The van der Waals surface area contributed by atoms with Gasteiger partial charge in [-0.05, 0) is 37.1 Å². The van der Waals surface area contributed by atoms with E-state index in [9.17, 15) is 9.90 Å². The van der Waals surface area contributed by atoms with Crippen molar-refractivity contribution < 1.29 is 9.90 Å². The van der Waals surface area contributed by atoms with E-state index in [1.165, 1.54) is 0 Å². The van der Waals surface area contributed by atoms with Crippen molar-refractivity contribution in [3.8, 4) is 5.75 Å². The smallest absolute Gasteiger partial charge is 0.144 e. The summed E-state index contributed by atoms with van der Waals surface area (Å²) in [7, 11) is 0. The van der Waals surface area contributed by atoms with Gasteiger partial charge in [0.25, 0.3) is 0 Å². The standard InChI is InChI=1S/C16H16O2/c1-12(17)16(2,13-6-4-3-5-7-13)14-8-10-15(18)11-9-14/h3-11,18H,1-2H3/t16-/m1/s1. The van der Waals surface area contributed by atoms with Gasteiger partial charge in [0.1, 0.15) is 11.5 Å². The van der Waals surface area contributed by atoms with Crippen molar-refractivity contribution in [3.05, 3.63) is 65.7 Å². The van der Waals surface area contributed by atoms with Crippen LogP contribution >= 0.6 is 0 Å². The molecular weight excluding hydrogens is 224 g/mol. The summed E-state index contributed by atoms with van der Waals surface area (Å²) in [5.41, 5.74) is 1.18. The lowest BCUT2D eigenvalue weighted by atomic mass is 9.73. The minimum absolute atomic E-state index is 0.0828. The molecule has 0 saturated carbocycles. The molecule has 0 fully saturated rings. The summed E-state index contributed by atoms with van der Waals surface area (Å²) in [5, 5.41) is 9.35. The van der Waals surface area contributed by atoms with Gasteiger partial charge in [-0.15, -0.1) is 0 Å². The summed E-state index contributed by atoms with van der Waals surface area (Å²) < 4.78 is 0. The SMILES string of the molecule is CC(=O)[C@](C)(c1ccccc1)c1ccc(O)cc1. The molecule has 0 bridgehead atoms. The monoisotopic (exact) mass is 240 g/mol. The zero-order valence-corrected chi connectivity index (χ0v) is 10.6. The summed E-state index contributed by atoms with van der Waals surface area (Å²) in [4.78, 5) is 12.1. The van der Waals surface area contributed by atoms with Gasteiger partial charge in [-0.1, -0.05) is 42.5 Å². The fourth-order valence-corrected chi connectivity index (χ4v) is 2.14. The summed E-state index contributed by atoms with van der Waals surface area (Å²) >= 11 is 0. The molecule has 0 spiro atoms. The second-order valence-corrected chi connectivity index (χ2v) is 4.59. The third kappa shape index (κ3) is 2.02. The molecule has 0 aliphatic carbocycles. The topological polar surface area (TPSA) is 37.3 Å². The molecule has 0 aliphatic rings. The summed E-state index contributed by atoms with van der Waals surface area (Å²) in [6.07, 6.45) is 0. The molecule has 1 atom stereocenters. The Hall–Kier alpha value is -2.09. The lowest BCUT2D eigenvalue weighted by Gasteiger charge is -2.28. The van der Waals surface area contributed by atoms with Crippen LogP contribution < -0.4 is 0 Å². The van der Waals surface area contributed by atoms with Crippen LogP contribution in [0.2, 0.25) is 0 Å². The van der Waals surface area contributed by atoms with E-state index in [1.54, 1.807) is 31.2 Å². The Kier molecular flexibility index (Phi) is 3.19. The number of Topliss-reactive ketones (excluding diaryl/α,β-unsaturated/α-hetero) is 1. The van der Waals surface area contributed by atoms with Crippen LogP contribution in [0.3, 0.4) is 0 Å². The van der Waals surface area contributed by atoms with E-state index in [0.717, 1.165) is 11.1 Å². The minimum Gasteiger partial charge on any atom is -0.508 e. The normalized spacial score (nSPS) is 13.9. The van der Waals surface area contributed by atoms with Crippen molar-refractivity contribution in [3.63, 3.8) is 0 Å². The molecule has 18 heavy (non-hydrogen) atoms. The predicted molar refractivity (Wildman–Crippen MR) is 71.7 cm³/mol. The molecule has 0 aromatic heterocycles. The second-order valence-electron chi connectivity index (χ2n) is 4.59. The van der Waals surface area contributed by atoms with E-state index in [-0.39, 0.29) is 11.5 Å². The highest BCUT2D eigenvalue weighted by atomic mass is 16.3. The summed E-state index contributed by atoms with van der Waals surface area (Å²) in [5.74, 6) is 0.289. The molecular formula is C16H16O2. The Morgan fingerprint density at radius 1 is 0.944 bits per heavy atom. The predicted octanol–water partition coefficient (Wildman–Crippen LogP) is 3.29. The van der Waals surface area contributed by atoms with Gasteiger partial charge >= 0.3 is 0 Å². The van der Waals surface area contributed by atoms with E-state index in [4.69, 9.17) is 0 Å². The molecule has 0 saturated heterocycles. The average molecular weight is 240 g/mol. The van der Waals surface area contributed by atoms with Crippen molar-refractivity contribution >= 4 is 5.78 Å². The van der Waals surface area contributed by atoms with Crippen molar-refractivity contribution in [1.29, 1.82) is 0 Å². The van der Waals surface area contributed by atoms with Gasteiger partial charge in [0.2, 0.25) is 0 Å². The lowest BCUT2D eigenvalue weighted by Crippen LogP contribution is -2.31. The van der Waals surface area contributed by atoms with Crippen LogP contribution in [0.25, 0.3) is 0 Å². The van der Waals surface area contributed by atoms with Gasteiger partial charge in [0.15, 0.2) is 0 Å². The average Bonchev–Trinajstić information content (AvgIpc) is 2.39. The van der Waals surface area contributed by atoms with Gasteiger partial charge in [0, 0.05) is 0 Å². The Bertz CT molecular complexity index is 543. The number of hydrogen-bond donors (Lipinski definition) is 1. The molecule has 2 nitrogen and oxygen atoms in total. The van der Waals surface area contributed by atoms with E-state index in [1.807, 2.05) is 37.3 Å². The lowest BCUT2D eigenvalue weighted by molar-refractivity contribution is -0.120. The van der Waals surface area contributed by atoms with E-state index < -0.39 is 5.41 Å². The Labute approximate surface area is 107 Å². The molecule has 2 rings (SSSR count). The second kappa shape index (κ2) is 4.65. The summed E-state index contributed by atoms with van der Waals surface area (Å²) in [6, 6.07) is 16.5. The first kappa shape index (κ1) is 12.4. The van der Waals surface area contributed by atoms with Crippen LogP contribution in [0.5, 0.6) is 5.75 Å². The minimum atomic E-state index is -0.672. The van der Waals surface area contributed by atoms with Crippen LogP contribution in [0.1, 0.15) is 25.0 Å². The Morgan fingerprint density at radius 2 is 1.44 bits per heavy atom. The fraction of sp³-hybridized carbons (Fsp3) is 0.188. The maximum Gasteiger partial charge on any atom is 0.144 e. The third-order valence-corrected chi connectivity index (χ3v) is 3.50. The number of benzene rings is 2. The third-order valence-electron chi connectivity index (χ3n) is 3.50. The highest BCUT2D eigenvalue weighted by molar-refractivity contribution is 5.91. The number of aromatic hydroxyl groups is 1. The van der Waals surface area contributed by atoms with E-state index in [2.05, 4.69) is 0 Å². The Balaban J connectivity index is 2.58. The van der Waals surface area contributed by atoms with Crippen LogP contribution in [-0.4, -0.2) is 10.9 Å². The first-order valence-electron chi connectivity index (χ1n) is 5.91. The molecule has 92 valence electrons. The van der Waals surface area contributed by atoms with Crippen molar-refractivity contribution in [2.45, 2.75) is 19.3 Å². The molecule has 2 heteroatoms. The van der Waals surface area contributed by atoms with Crippen LogP contribution in [-0.2, 0) is 10.2 Å². The fourth-order valence-electron chi connectivity index (χ4n) is 2.14. The van der Waals surface area contributed by atoms with Gasteiger partial charge in [0.05, 0.1) is 5.41 Å². The molecule has 0 amide bonds. The van der Waals surface area contributed by atoms with Crippen LogP contribution in [0, 0.1) is 0 Å². The maximum atomic E-state index is 12.1. The van der Waals surface area contributed by atoms with E-state index >= 15 is 0 Å². The largest absolute Gasteiger partial charge is 0.508 e. The van der Waals surface area contributed by atoms with Gasteiger partial charge in [-0.2, -0.15) is 0 Å². The molecule has 0 heterocycles. The number of ketones is 1. The van der Waals surface area contributed by atoms with Crippen molar-refractivity contribution in [1.82, 2.24) is 0 Å². The first-order chi connectivity index (χ1) is 8.55. The molecule has 0 aliphatic heterocycles. The van der Waals surface area contributed by atoms with Gasteiger partial charge < -0.3 is 5.11 Å². The molecule has 0 unspecified atom stereocenters. The number of phenolic OH excluding ortho intramolecular Hbond substituents is 1. The van der Waals surface area contributed by atoms with Crippen LogP contribution in [0.15, 0.2) is 54.6 Å². The van der Waals surface area contributed by atoms with Crippen LogP contribution in [0.4, 0.5) is 0 Å². The van der Waals surface area contributed by atoms with Crippen molar-refractivity contribution in [2.24, 2.45) is 0 Å². The number of rotatable bonds is 3. The highest BCUT2D eigenvalue weighted by Gasteiger charge is 2.33. The Morgan fingerprint density at radius 3 is 1.94 bits per heavy atom. The first-order valence-corrected chi connectivity index (χ1v) is 5.91. The van der Waals surface area contributed by atoms with Gasteiger partial charge in [-0.25, -0.2) is 0 Å². The molecule has 2 aromatic carbocycles. The summed E-state index contributed by atoms with van der Waals surface area (Å²) in [6.45, 7) is 3.51. The quantitative estimate of drug-likeness (QED) is 0.893. The number of carbonyl (C=O) groups excluding carboxylic acids is 1. The van der Waals surface area contributed by atoms with Gasteiger partial charge in [-0.3, -0.25) is 4.79 Å². The number of hydrogen-bond acceptors (Lipinski definition) is 2. The van der Waals surface area contributed by atoms with E-state index in [0.29, 0.717) is 0 Å². The number of phenols is 1. The number of carbonyl (C=O) groups is 1.